The van der Waals surface area contributed by atoms with E-state index in [0.717, 1.165) is 0 Å². The number of halogens is 1. The molecule has 2 saturated heterocycles. The van der Waals surface area contributed by atoms with Gasteiger partial charge in [0, 0.05) is 18.8 Å². The van der Waals surface area contributed by atoms with Gasteiger partial charge in [-0.25, -0.2) is 0 Å². The highest BCUT2D eigenvalue weighted by Gasteiger charge is 2.72. The number of aliphatic hydroxyl groups is 1. The van der Waals surface area contributed by atoms with Crippen LogP contribution in [0.3, 0.4) is 0 Å². The van der Waals surface area contributed by atoms with Gasteiger partial charge in [0.15, 0.2) is 0 Å². The lowest BCUT2D eigenvalue weighted by Crippen LogP contribution is -2.57. The van der Waals surface area contributed by atoms with Gasteiger partial charge in [-0.15, -0.1) is 0 Å². The van der Waals surface area contributed by atoms with Gasteiger partial charge in [-0.2, -0.15) is 0 Å². The molecule has 2 fully saturated rings. The van der Waals surface area contributed by atoms with Gasteiger partial charge < -0.3 is 29.3 Å². The van der Waals surface area contributed by atoms with Crippen LogP contribution in [0.4, 0.5) is 11.4 Å². The summed E-state index contributed by atoms with van der Waals surface area (Å²) in [6.07, 6.45) is 6.56. The highest BCUT2D eigenvalue weighted by molar-refractivity contribution is 6.34. The van der Waals surface area contributed by atoms with Crippen molar-refractivity contribution in [1.82, 2.24) is 4.90 Å². The maximum absolute atomic E-state index is 14.4. The zero-order valence-electron chi connectivity index (χ0n) is 22.9. The number of para-hydroxylation sites is 1. The summed E-state index contributed by atoms with van der Waals surface area (Å²) >= 11 is 6.48. The van der Waals surface area contributed by atoms with Gasteiger partial charge in [-0.1, -0.05) is 48.0 Å². The average molecular weight is 578 g/mol. The minimum atomic E-state index is -1.40. The lowest BCUT2D eigenvalue weighted by molar-refractivity contribution is -0.143. The van der Waals surface area contributed by atoms with E-state index in [0.29, 0.717) is 35.3 Å². The molecule has 10 heteroatoms. The van der Waals surface area contributed by atoms with E-state index in [1.807, 2.05) is 43.3 Å². The number of carbonyl (C=O) groups is 3. The number of hydrogen-bond acceptors (Lipinski definition) is 6. The molecule has 1 spiro atoms. The van der Waals surface area contributed by atoms with E-state index in [1.54, 1.807) is 48.2 Å². The van der Waals surface area contributed by atoms with Gasteiger partial charge >= 0.3 is 0 Å². The lowest BCUT2D eigenvalue weighted by atomic mass is 9.77. The smallest absolute Gasteiger partial charge is 0.253 e. The molecule has 1 unspecified atom stereocenters. The highest BCUT2D eigenvalue weighted by atomic mass is 35.5. The standard InChI is InChI=1S/C31H32ClN3O6/c1-3-40-21-13-11-20(12-14-21)33-16-6-10-24-25(28(33)37)26-29(38)35(19(2)18-36)27-30(39)34(17-7-15-31(26,27)41-24)23-9-5-4-8-22(23)32/h4-15,19,24-27,36H,3,16-18H2,1-2H3/t19-,24-,25+,26+,27?,31+/m1/s1. The maximum atomic E-state index is 14.4. The van der Waals surface area contributed by atoms with Crippen molar-refractivity contribution in [2.24, 2.45) is 11.8 Å². The van der Waals surface area contributed by atoms with Crippen molar-refractivity contribution in [2.75, 3.05) is 36.1 Å². The summed E-state index contributed by atoms with van der Waals surface area (Å²) in [5.74, 6) is -2.16. The van der Waals surface area contributed by atoms with Crippen molar-refractivity contribution < 1.29 is 29.0 Å². The Bertz CT molecular complexity index is 1430. The van der Waals surface area contributed by atoms with E-state index in [1.165, 1.54) is 9.80 Å². The van der Waals surface area contributed by atoms with Crippen molar-refractivity contribution in [2.45, 2.75) is 37.6 Å². The molecule has 4 heterocycles. The van der Waals surface area contributed by atoms with Gasteiger partial charge in [0.05, 0.1) is 47.9 Å². The first-order valence-electron chi connectivity index (χ1n) is 13.9. The van der Waals surface area contributed by atoms with Crippen LogP contribution in [-0.2, 0) is 19.1 Å². The molecular weight excluding hydrogens is 546 g/mol. The minimum Gasteiger partial charge on any atom is -0.494 e. The quantitative estimate of drug-likeness (QED) is 0.530. The van der Waals surface area contributed by atoms with Crippen LogP contribution < -0.4 is 14.5 Å². The lowest BCUT2D eigenvalue weighted by Gasteiger charge is -2.37. The Labute approximate surface area is 243 Å². The fourth-order valence-corrected chi connectivity index (χ4v) is 6.88. The topological polar surface area (TPSA) is 99.6 Å². The number of carbonyl (C=O) groups excluding carboxylic acids is 3. The summed E-state index contributed by atoms with van der Waals surface area (Å²) in [6, 6.07) is 12.5. The molecular formula is C31H32ClN3O6. The van der Waals surface area contributed by atoms with Gasteiger partial charge in [0.1, 0.15) is 17.4 Å². The molecule has 41 heavy (non-hydrogen) atoms. The van der Waals surface area contributed by atoms with Crippen LogP contribution in [-0.4, -0.2) is 77.8 Å². The van der Waals surface area contributed by atoms with Crippen molar-refractivity contribution in [3.05, 3.63) is 77.9 Å². The number of likely N-dealkylation sites (tertiary alicyclic amines) is 1. The number of rotatable bonds is 6. The molecule has 2 aromatic rings. The zero-order chi connectivity index (χ0) is 28.9. The van der Waals surface area contributed by atoms with E-state index >= 15 is 0 Å². The first kappa shape index (κ1) is 27.5. The van der Waals surface area contributed by atoms with Crippen LogP contribution in [0.1, 0.15) is 13.8 Å². The monoisotopic (exact) mass is 577 g/mol. The molecule has 0 aliphatic carbocycles. The summed E-state index contributed by atoms with van der Waals surface area (Å²) in [7, 11) is 0. The Balaban J connectivity index is 1.42. The number of benzene rings is 2. The maximum Gasteiger partial charge on any atom is 0.253 e. The molecule has 4 aliphatic heterocycles. The molecule has 4 aliphatic rings. The normalized spacial score (nSPS) is 29.7. The predicted molar refractivity (Wildman–Crippen MR) is 154 cm³/mol. The molecule has 9 nitrogen and oxygen atoms in total. The number of nitrogens with zero attached hydrogens (tertiary/aromatic N) is 3. The van der Waals surface area contributed by atoms with Crippen LogP contribution in [0.25, 0.3) is 0 Å². The molecule has 2 aromatic carbocycles. The molecule has 6 atom stereocenters. The van der Waals surface area contributed by atoms with Crippen LogP contribution in [0, 0.1) is 11.8 Å². The van der Waals surface area contributed by atoms with Gasteiger partial charge in [-0.3, -0.25) is 14.4 Å². The van der Waals surface area contributed by atoms with Crippen LogP contribution >= 0.6 is 11.6 Å². The number of fused-ring (bicyclic) bond motifs is 2. The van der Waals surface area contributed by atoms with Gasteiger partial charge in [-0.05, 0) is 50.2 Å². The summed E-state index contributed by atoms with van der Waals surface area (Å²) in [5, 5.41) is 10.5. The Morgan fingerprint density at radius 2 is 1.76 bits per heavy atom. The van der Waals surface area contributed by atoms with Crippen LogP contribution in [0.15, 0.2) is 72.8 Å². The SMILES string of the molecule is CCOc1ccc(N2CC=C[C@H]3O[C@]45C=CCN(c6ccccc6Cl)C(=O)C4N([C@H](C)CO)C(=O)[C@@H]5[C@H]3C2=O)cc1. The Morgan fingerprint density at radius 1 is 1.02 bits per heavy atom. The first-order valence-corrected chi connectivity index (χ1v) is 14.3. The molecule has 0 bridgehead atoms. The number of aliphatic hydroxyl groups excluding tert-OH is 1. The summed E-state index contributed by atoms with van der Waals surface area (Å²) in [5.41, 5.74) is -0.215. The van der Waals surface area contributed by atoms with E-state index in [2.05, 4.69) is 0 Å². The van der Waals surface area contributed by atoms with Crippen LogP contribution in [0.2, 0.25) is 5.02 Å². The average Bonchev–Trinajstić information content (AvgIpc) is 3.30. The number of amides is 3. The second-order valence-electron chi connectivity index (χ2n) is 10.7. The minimum absolute atomic E-state index is 0.212. The van der Waals surface area contributed by atoms with Crippen molar-refractivity contribution in [3.63, 3.8) is 0 Å². The third-order valence-corrected chi connectivity index (χ3v) is 8.76. The van der Waals surface area contributed by atoms with E-state index < -0.39 is 41.5 Å². The summed E-state index contributed by atoms with van der Waals surface area (Å²) in [6.45, 7) is 4.29. The molecule has 3 amide bonds. The predicted octanol–water partition coefficient (Wildman–Crippen LogP) is 3.21. The fraction of sp³-hybridized carbons (Fsp3) is 0.387. The summed E-state index contributed by atoms with van der Waals surface area (Å²) in [4.78, 5) is 47.5. The zero-order valence-corrected chi connectivity index (χ0v) is 23.6. The second-order valence-corrected chi connectivity index (χ2v) is 11.1. The number of anilines is 2. The fourth-order valence-electron chi connectivity index (χ4n) is 6.65. The second kappa shape index (κ2) is 10.6. The number of hydrogen-bond donors (Lipinski definition) is 1. The Morgan fingerprint density at radius 3 is 2.46 bits per heavy atom. The van der Waals surface area contributed by atoms with E-state index in [-0.39, 0.29) is 25.0 Å². The van der Waals surface area contributed by atoms with Crippen LogP contribution in [0.5, 0.6) is 5.75 Å². The van der Waals surface area contributed by atoms with Crippen molar-refractivity contribution >= 4 is 40.7 Å². The third kappa shape index (κ3) is 4.26. The third-order valence-electron chi connectivity index (χ3n) is 8.44. The van der Waals surface area contributed by atoms with Crippen molar-refractivity contribution in [3.8, 4) is 5.75 Å². The molecule has 0 aromatic heterocycles. The highest BCUT2D eigenvalue weighted by Crippen LogP contribution is 2.54. The molecule has 0 radical (unpaired) electrons. The molecule has 6 rings (SSSR count). The van der Waals surface area contributed by atoms with Crippen molar-refractivity contribution in [1.29, 1.82) is 0 Å². The Hall–Kier alpha value is -3.66. The number of ether oxygens (including phenoxy) is 2. The van der Waals surface area contributed by atoms with Gasteiger partial charge in [0.25, 0.3) is 5.91 Å². The van der Waals surface area contributed by atoms with E-state index in [4.69, 9.17) is 21.1 Å². The summed E-state index contributed by atoms with van der Waals surface area (Å²) < 4.78 is 12.2. The largest absolute Gasteiger partial charge is 0.494 e. The molecule has 214 valence electrons. The van der Waals surface area contributed by atoms with Gasteiger partial charge in [0.2, 0.25) is 11.8 Å². The Kier molecular flexibility index (Phi) is 7.13. The molecule has 0 saturated carbocycles. The molecule has 1 N–H and O–H groups in total. The van der Waals surface area contributed by atoms with E-state index in [9.17, 15) is 19.5 Å². The first-order chi connectivity index (χ1) is 19.8.